The van der Waals surface area contributed by atoms with Gasteiger partial charge >= 0.3 is 0 Å². The Morgan fingerprint density at radius 2 is 1.84 bits per heavy atom. The first-order valence-corrected chi connectivity index (χ1v) is 7.20. The summed E-state index contributed by atoms with van der Waals surface area (Å²) in [5.74, 6) is 1.18. The number of hydrogen-bond donors (Lipinski definition) is 1. The fourth-order valence-corrected chi connectivity index (χ4v) is 2.35. The zero-order chi connectivity index (χ0) is 14.0. The second-order valence-electron chi connectivity index (χ2n) is 4.16. The zero-order valence-corrected chi connectivity index (χ0v) is 13.3. The van der Waals surface area contributed by atoms with Crippen LogP contribution < -0.4 is 10.5 Å². The highest BCUT2D eigenvalue weighted by molar-refractivity contribution is 9.10. The summed E-state index contributed by atoms with van der Waals surface area (Å²) in [6.07, 6.45) is 0. The first kappa shape index (κ1) is 14.7. The average Bonchev–Trinajstić information content (AvgIpc) is 2.36. The summed E-state index contributed by atoms with van der Waals surface area (Å²) in [7, 11) is 0. The van der Waals surface area contributed by atoms with E-state index in [2.05, 4.69) is 15.9 Å². The number of halogens is 3. The fourth-order valence-electron chi connectivity index (χ4n) is 1.56. The molecule has 19 heavy (non-hydrogen) atoms. The van der Waals surface area contributed by atoms with E-state index in [4.69, 9.17) is 33.7 Å². The molecule has 1 atom stereocenters. The Kier molecular flexibility index (Phi) is 4.74. The van der Waals surface area contributed by atoms with Crippen LogP contribution in [0.3, 0.4) is 0 Å². The highest BCUT2D eigenvalue weighted by Crippen LogP contribution is 2.36. The molecule has 2 rings (SSSR count). The number of ether oxygens (including phenoxy) is 1. The molecule has 2 aromatic carbocycles. The number of hydrogen-bond acceptors (Lipinski definition) is 2. The standard InChI is InChI=1S/C14H12BrCl2NO/c1-8(18)9-2-5-13(11(15)6-9)19-14-7-10(16)3-4-12(14)17/h2-8H,18H2,1H3. The van der Waals surface area contributed by atoms with Gasteiger partial charge in [-0.05, 0) is 52.7 Å². The Labute approximate surface area is 130 Å². The topological polar surface area (TPSA) is 35.2 Å². The normalized spacial score (nSPS) is 12.3. The molecular formula is C14H12BrCl2NO. The van der Waals surface area contributed by atoms with Crippen LogP contribution in [0, 0.1) is 0 Å². The van der Waals surface area contributed by atoms with Gasteiger partial charge in [-0.2, -0.15) is 0 Å². The molecule has 0 radical (unpaired) electrons. The molecule has 0 amide bonds. The monoisotopic (exact) mass is 359 g/mol. The zero-order valence-electron chi connectivity index (χ0n) is 10.2. The van der Waals surface area contributed by atoms with Crippen LogP contribution in [-0.2, 0) is 0 Å². The smallest absolute Gasteiger partial charge is 0.147 e. The molecule has 0 aliphatic rings. The molecule has 0 aliphatic carbocycles. The lowest BCUT2D eigenvalue weighted by Crippen LogP contribution is -2.04. The summed E-state index contributed by atoms with van der Waals surface area (Å²) in [5.41, 5.74) is 6.85. The lowest BCUT2D eigenvalue weighted by atomic mass is 10.1. The van der Waals surface area contributed by atoms with Gasteiger partial charge in [-0.15, -0.1) is 0 Å². The number of nitrogens with two attached hydrogens (primary N) is 1. The Balaban J connectivity index is 2.31. The van der Waals surface area contributed by atoms with Crippen LogP contribution in [0.2, 0.25) is 10.0 Å². The van der Waals surface area contributed by atoms with Crippen molar-refractivity contribution in [1.82, 2.24) is 0 Å². The van der Waals surface area contributed by atoms with Crippen LogP contribution in [0.4, 0.5) is 0 Å². The van der Waals surface area contributed by atoms with Gasteiger partial charge in [0, 0.05) is 17.1 Å². The lowest BCUT2D eigenvalue weighted by molar-refractivity contribution is 0.479. The van der Waals surface area contributed by atoms with Gasteiger partial charge in [0.25, 0.3) is 0 Å². The van der Waals surface area contributed by atoms with Gasteiger partial charge in [-0.1, -0.05) is 29.3 Å². The molecule has 1 unspecified atom stereocenters. The van der Waals surface area contributed by atoms with Gasteiger partial charge < -0.3 is 10.5 Å². The molecule has 2 aromatic rings. The summed E-state index contributed by atoms with van der Waals surface area (Å²) >= 11 is 15.4. The van der Waals surface area contributed by atoms with Crippen LogP contribution in [-0.4, -0.2) is 0 Å². The Bertz CT molecular complexity index is 602. The minimum atomic E-state index is -0.0277. The SMILES string of the molecule is CC(N)c1ccc(Oc2cc(Cl)ccc2Cl)c(Br)c1. The molecule has 0 spiro atoms. The highest BCUT2D eigenvalue weighted by Gasteiger charge is 2.09. The Morgan fingerprint density at radius 3 is 2.47 bits per heavy atom. The minimum Gasteiger partial charge on any atom is -0.455 e. The summed E-state index contributed by atoms with van der Waals surface area (Å²) in [6.45, 7) is 1.93. The molecule has 0 saturated carbocycles. The first-order chi connectivity index (χ1) is 8.97. The lowest BCUT2D eigenvalue weighted by Gasteiger charge is -2.12. The second kappa shape index (κ2) is 6.14. The van der Waals surface area contributed by atoms with Gasteiger partial charge in [-0.3, -0.25) is 0 Å². The molecule has 0 aromatic heterocycles. The van der Waals surface area contributed by atoms with E-state index >= 15 is 0 Å². The molecule has 0 aliphatic heterocycles. The molecule has 2 nitrogen and oxygen atoms in total. The van der Waals surface area contributed by atoms with E-state index in [0.717, 1.165) is 10.0 Å². The average molecular weight is 361 g/mol. The van der Waals surface area contributed by atoms with Crippen molar-refractivity contribution in [2.75, 3.05) is 0 Å². The van der Waals surface area contributed by atoms with Crippen molar-refractivity contribution in [3.05, 3.63) is 56.5 Å². The first-order valence-electron chi connectivity index (χ1n) is 5.65. The summed E-state index contributed by atoms with van der Waals surface area (Å²) < 4.78 is 6.57. The Hall–Kier alpha value is -0.740. The van der Waals surface area contributed by atoms with Crippen molar-refractivity contribution in [2.45, 2.75) is 13.0 Å². The maximum absolute atomic E-state index is 6.06. The largest absolute Gasteiger partial charge is 0.455 e. The molecule has 0 heterocycles. The molecule has 0 bridgehead atoms. The minimum absolute atomic E-state index is 0.0277. The van der Waals surface area contributed by atoms with Crippen LogP contribution in [0.25, 0.3) is 0 Å². The Morgan fingerprint density at radius 1 is 1.11 bits per heavy atom. The van der Waals surface area contributed by atoms with Crippen LogP contribution >= 0.6 is 39.1 Å². The van der Waals surface area contributed by atoms with E-state index in [1.54, 1.807) is 18.2 Å². The molecular weight excluding hydrogens is 349 g/mol. The van der Waals surface area contributed by atoms with Gasteiger partial charge in [0.2, 0.25) is 0 Å². The van der Waals surface area contributed by atoms with Crippen molar-refractivity contribution in [2.24, 2.45) is 5.73 Å². The van der Waals surface area contributed by atoms with E-state index < -0.39 is 0 Å². The van der Waals surface area contributed by atoms with Gasteiger partial charge in [0.05, 0.1) is 9.50 Å². The molecule has 100 valence electrons. The maximum atomic E-state index is 6.06. The van der Waals surface area contributed by atoms with E-state index in [1.165, 1.54) is 0 Å². The van der Waals surface area contributed by atoms with Crippen molar-refractivity contribution in [1.29, 1.82) is 0 Å². The van der Waals surface area contributed by atoms with E-state index in [-0.39, 0.29) is 6.04 Å². The van der Waals surface area contributed by atoms with E-state index in [0.29, 0.717) is 21.5 Å². The van der Waals surface area contributed by atoms with E-state index in [1.807, 2.05) is 25.1 Å². The fraction of sp³-hybridized carbons (Fsp3) is 0.143. The quantitative estimate of drug-likeness (QED) is 0.776. The third-order valence-electron chi connectivity index (χ3n) is 2.59. The van der Waals surface area contributed by atoms with Gasteiger partial charge in [0.1, 0.15) is 11.5 Å². The van der Waals surface area contributed by atoms with Crippen LogP contribution in [0.15, 0.2) is 40.9 Å². The molecule has 5 heteroatoms. The van der Waals surface area contributed by atoms with Gasteiger partial charge in [-0.25, -0.2) is 0 Å². The molecule has 2 N–H and O–H groups in total. The maximum Gasteiger partial charge on any atom is 0.147 e. The number of benzene rings is 2. The van der Waals surface area contributed by atoms with Crippen molar-refractivity contribution in [3.8, 4) is 11.5 Å². The highest BCUT2D eigenvalue weighted by atomic mass is 79.9. The summed E-state index contributed by atoms with van der Waals surface area (Å²) in [6, 6.07) is 10.8. The third-order valence-corrected chi connectivity index (χ3v) is 3.76. The molecule has 0 saturated heterocycles. The van der Waals surface area contributed by atoms with E-state index in [9.17, 15) is 0 Å². The second-order valence-corrected chi connectivity index (χ2v) is 5.85. The number of rotatable bonds is 3. The summed E-state index contributed by atoms with van der Waals surface area (Å²) in [5, 5.41) is 1.08. The van der Waals surface area contributed by atoms with Crippen LogP contribution in [0.1, 0.15) is 18.5 Å². The van der Waals surface area contributed by atoms with Crippen molar-refractivity contribution in [3.63, 3.8) is 0 Å². The van der Waals surface area contributed by atoms with Crippen molar-refractivity contribution >= 4 is 39.1 Å². The molecule has 0 fully saturated rings. The third kappa shape index (κ3) is 3.63. The van der Waals surface area contributed by atoms with Gasteiger partial charge in [0.15, 0.2) is 0 Å². The summed E-state index contributed by atoms with van der Waals surface area (Å²) in [4.78, 5) is 0. The van der Waals surface area contributed by atoms with Crippen LogP contribution in [0.5, 0.6) is 11.5 Å². The van der Waals surface area contributed by atoms with Crippen molar-refractivity contribution < 1.29 is 4.74 Å². The predicted octanol–water partition coefficient (Wildman–Crippen LogP) is 5.57. The predicted molar refractivity (Wildman–Crippen MR) is 83.3 cm³/mol.